The number of likely N-dealkylation sites (N-methyl/N-ethyl adjacent to an activating group) is 1. The van der Waals surface area contributed by atoms with Gasteiger partial charge in [-0.25, -0.2) is 0 Å². The second-order valence-corrected chi connectivity index (χ2v) is 4.25. The fourth-order valence-corrected chi connectivity index (χ4v) is 1.86. The highest BCUT2D eigenvalue weighted by Gasteiger charge is 2.13. The molecule has 0 aliphatic rings. The highest BCUT2D eigenvalue weighted by molar-refractivity contribution is 6.42. The fourth-order valence-electron chi connectivity index (χ4n) is 1.39. The Morgan fingerprint density at radius 3 is 2.75 bits per heavy atom. The van der Waals surface area contributed by atoms with E-state index in [0.717, 1.165) is 5.56 Å². The number of halogens is 2. The summed E-state index contributed by atoms with van der Waals surface area (Å²) in [4.78, 5) is 11.4. The molecule has 0 bridgehead atoms. The molecule has 1 rings (SSSR count). The van der Waals surface area contributed by atoms with Crippen molar-refractivity contribution in [3.8, 4) is 0 Å². The third kappa shape index (κ3) is 3.37. The number of benzene rings is 1. The van der Waals surface area contributed by atoms with Gasteiger partial charge in [0, 0.05) is 0 Å². The molecule has 0 aliphatic carbocycles. The third-order valence-electron chi connectivity index (χ3n) is 2.16. The molecule has 0 spiro atoms. The van der Waals surface area contributed by atoms with Crippen molar-refractivity contribution in [1.29, 1.82) is 0 Å². The van der Waals surface area contributed by atoms with Gasteiger partial charge < -0.3 is 10.6 Å². The molecule has 1 unspecified atom stereocenters. The number of hydrogen-bond acceptors (Lipinski definition) is 2. The van der Waals surface area contributed by atoms with E-state index in [1.807, 2.05) is 19.1 Å². The lowest BCUT2D eigenvalue weighted by atomic mass is 10.1. The molecule has 16 heavy (non-hydrogen) atoms. The van der Waals surface area contributed by atoms with Crippen LogP contribution in [0, 0.1) is 0 Å². The Bertz CT molecular complexity index is 382. The SMILES string of the molecule is CNCC(=O)NC(C)c1cccc(Cl)c1Cl. The van der Waals surface area contributed by atoms with Gasteiger partial charge in [-0.3, -0.25) is 4.79 Å². The van der Waals surface area contributed by atoms with Crippen LogP contribution in [0.5, 0.6) is 0 Å². The highest BCUT2D eigenvalue weighted by Crippen LogP contribution is 2.29. The second kappa shape index (κ2) is 6.09. The van der Waals surface area contributed by atoms with Crippen LogP contribution in [-0.2, 0) is 4.79 Å². The van der Waals surface area contributed by atoms with E-state index in [2.05, 4.69) is 10.6 Å². The lowest BCUT2D eigenvalue weighted by molar-refractivity contribution is -0.120. The zero-order chi connectivity index (χ0) is 12.1. The Hall–Kier alpha value is -0.770. The average molecular weight is 261 g/mol. The summed E-state index contributed by atoms with van der Waals surface area (Å²) in [5.74, 6) is -0.0777. The van der Waals surface area contributed by atoms with Crippen LogP contribution in [0.15, 0.2) is 18.2 Å². The number of amides is 1. The number of carbonyl (C=O) groups is 1. The molecule has 0 saturated heterocycles. The van der Waals surface area contributed by atoms with Crippen LogP contribution in [0.4, 0.5) is 0 Å². The second-order valence-electron chi connectivity index (χ2n) is 3.46. The van der Waals surface area contributed by atoms with E-state index in [9.17, 15) is 4.79 Å². The Balaban J connectivity index is 2.76. The molecule has 88 valence electrons. The van der Waals surface area contributed by atoms with Gasteiger partial charge in [0.2, 0.25) is 5.91 Å². The minimum absolute atomic E-state index is 0.0777. The van der Waals surface area contributed by atoms with Crippen LogP contribution in [0.3, 0.4) is 0 Å². The van der Waals surface area contributed by atoms with Crippen LogP contribution in [0.1, 0.15) is 18.5 Å². The molecular weight excluding hydrogens is 247 g/mol. The fraction of sp³-hybridized carbons (Fsp3) is 0.364. The van der Waals surface area contributed by atoms with E-state index in [1.54, 1.807) is 13.1 Å². The van der Waals surface area contributed by atoms with E-state index in [1.165, 1.54) is 0 Å². The third-order valence-corrected chi connectivity index (χ3v) is 3.00. The summed E-state index contributed by atoms with van der Waals surface area (Å²) < 4.78 is 0. The first kappa shape index (κ1) is 13.3. The summed E-state index contributed by atoms with van der Waals surface area (Å²) in [6, 6.07) is 5.21. The van der Waals surface area contributed by atoms with E-state index < -0.39 is 0 Å². The maximum absolute atomic E-state index is 11.4. The molecule has 0 fully saturated rings. The molecule has 1 amide bonds. The van der Waals surface area contributed by atoms with Gasteiger partial charge in [-0.05, 0) is 25.6 Å². The lowest BCUT2D eigenvalue weighted by Gasteiger charge is -2.16. The minimum Gasteiger partial charge on any atom is -0.348 e. The van der Waals surface area contributed by atoms with E-state index in [0.29, 0.717) is 10.0 Å². The Morgan fingerprint density at radius 2 is 2.12 bits per heavy atom. The molecule has 3 nitrogen and oxygen atoms in total. The van der Waals surface area contributed by atoms with Crippen LogP contribution >= 0.6 is 23.2 Å². The van der Waals surface area contributed by atoms with Gasteiger partial charge in [0.25, 0.3) is 0 Å². The van der Waals surface area contributed by atoms with E-state index >= 15 is 0 Å². The van der Waals surface area contributed by atoms with Gasteiger partial charge in [0.05, 0.1) is 22.6 Å². The number of nitrogens with one attached hydrogen (secondary N) is 2. The zero-order valence-electron chi connectivity index (χ0n) is 9.18. The van der Waals surface area contributed by atoms with Crippen molar-refractivity contribution in [3.05, 3.63) is 33.8 Å². The molecule has 2 N–H and O–H groups in total. The maximum Gasteiger partial charge on any atom is 0.234 e. The predicted octanol–water partition coefficient (Wildman–Crippen LogP) is 2.39. The van der Waals surface area contributed by atoms with E-state index in [4.69, 9.17) is 23.2 Å². The standard InChI is InChI=1S/C11H14Cl2N2O/c1-7(15-10(16)6-14-2)8-4-3-5-9(12)11(8)13/h3-5,7,14H,6H2,1-2H3,(H,15,16). The van der Waals surface area contributed by atoms with Crippen molar-refractivity contribution in [3.63, 3.8) is 0 Å². The van der Waals surface area contributed by atoms with Crippen molar-refractivity contribution in [2.75, 3.05) is 13.6 Å². The monoisotopic (exact) mass is 260 g/mol. The highest BCUT2D eigenvalue weighted by atomic mass is 35.5. The van der Waals surface area contributed by atoms with Crippen molar-refractivity contribution in [2.45, 2.75) is 13.0 Å². The molecule has 0 heterocycles. The van der Waals surface area contributed by atoms with Crippen molar-refractivity contribution in [2.24, 2.45) is 0 Å². The summed E-state index contributed by atoms with van der Waals surface area (Å²) in [6.07, 6.45) is 0. The molecule has 0 saturated carbocycles. The summed E-state index contributed by atoms with van der Waals surface area (Å²) in [5.41, 5.74) is 0.818. The molecule has 1 aromatic rings. The van der Waals surface area contributed by atoms with Gasteiger partial charge in [-0.15, -0.1) is 0 Å². The molecule has 1 aromatic carbocycles. The Kier molecular flexibility index (Phi) is 5.06. The first-order valence-electron chi connectivity index (χ1n) is 4.94. The number of hydrogen-bond donors (Lipinski definition) is 2. The zero-order valence-corrected chi connectivity index (χ0v) is 10.7. The average Bonchev–Trinajstić information content (AvgIpc) is 2.22. The molecule has 0 radical (unpaired) electrons. The van der Waals surface area contributed by atoms with Crippen molar-refractivity contribution < 1.29 is 4.79 Å². The summed E-state index contributed by atoms with van der Waals surface area (Å²) in [7, 11) is 1.72. The summed E-state index contributed by atoms with van der Waals surface area (Å²) in [6.45, 7) is 2.15. The van der Waals surface area contributed by atoms with Gasteiger partial charge in [-0.1, -0.05) is 35.3 Å². The topological polar surface area (TPSA) is 41.1 Å². The molecular formula is C11H14Cl2N2O. The molecule has 1 atom stereocenters. The largest absolute Gasteiger partial charge is 0.348 e. The maximum atomic E-state index is 11.4. The quantitative estimate of drug-likeness (QED) is 0.873. The molecule has 0 aromatic heterocycles. The minimum atomic E-state index is -0.160. The number of carbonyl (C=O) groups excluding carboxylic acids is 1. The molecule has 0 aliphatic heterocycles. The van der Waals surface area contributed by atoms with Crippen LogP contribution < -0.4 is 10.6 Å². The Labute approximate surface area is 105 Å². The van der Waals surface area contributed by atoms with Gasteiger partial charge in [0.15, 0.2) is 0 Å². The van der Waals surface area contributed by atoms with Crippen LogP contribution in [0.2, 0.25) is 10.0 Å². The first-order chi connectivity index (χ1) is 7.56. The molecule has 5 heteroatoms. The van der Waals surface area contributed by atoms with Crippen LogP contribution in [-0.4, -0.2) is 19.5 Å². The summed E-state index contributed by atoms with van der Waals surface area (Å²) in [5, 5.41) is 6.58. The van der Waals surface area contributed by atoms with Crippen LogP contribution in [0.25, 0.3) is 0 Å². The lowest BCUT2D eigenvalue weighted by Crippen LogP contribution is -2.34. The normalized spacial score (nSPS) is 12.2. The van der Waals surface area contributed by atoms with E-state index in [-0.39, 0.29) is 18.5 Å². The predicted molar refractivity (Wildman–Crippen MR) is 66.9 cm³/mol. The Morgan fingerprint density at radius 1 is 1.44 bits per heavy atom. The summed E-state index contributed by atoms with van der Waals surface area (Å²) >= 11 is 11.9. The smallest absolute Gasteiger partial charge is 0.234 e. The van der Waals surface area contributed by atoms with Gasteiger partial charge in [-0.2, -0.15) is 0 Å². The number of rotatable bonds is 4. The van der Waals surface area contributed by atoms with Gasteiger partial charge >= 0.3 is 0 Å². The first-order valence-corrected chi connectivity index (χ1v) is 5.69. The van der Waals surface area contributed by atoms with Gasteiger partial charge in [0.1, 0.15) is 0 Å². The van der Waals surface area contributed by atoms with Crippen molar-refractivity contribution >= 4 is 29.1 Å². The van der Waals surface area contributed by atoms with Crippen molar-refractivity contribution in [1.82, 2.24) is 10.6 Å².